The number of carboxylic acid groups (broad SMARTS) is 1. The molecule has 0 aliphatic rings. The number of ether oxygens (including phenoxy) is 1. The summed E-state index contributed by atoms with van der Waals surface area (Å²) in [6, 6.07) is 21.0. The van der Waals surface area contributed by atoms with Gasteiger partial charge in [0.15, 0.2) is 0 Å². The Kier molecular flexibility index (Phi) is 6.58. The van der Waals surface area contributed by atoms with E-state index in [-0.39, 0.29) is 12.0 Å². The minimum Gasteiger partial charge on any atom is -0.489 e. The Morgan fingerprint density at radius 2 is 1.55 bits per heavy atom. The number of rotatable bonds is 8. The number of carboxylic acids is 1. The number of halogens is 1. The van der Waals surface area contributed by atoms with Crippen LogP contribution >= 0.6 is 0 Å². The third-order valence-corrected chi connectivity index (χ3v) is 4.33. The molecule has 148 valence electrons. The summed E-state index contributed by atoms with van der Waals surface area (Å²) in [5, 5.41) is 11.8. The van der Waals surface area contributed by atoms with Crippen LogP contribution in [0.1, 0.15) is 21.5 Å². The fraction of sp³-hybridized carbons (Fsp3) is 0.130. The fourth-order valence-corrected chi connectivity index (χ4v) is 2.78. The molecule has 0 spiro atoms. The second-order valence-corrected chi connectivity index (χ2v) is 6.47. The molecule has 0 fully saturated rings. The standard InChI is InChI=1S/C23H20FNO4/c24-20-9-5-4-8-19(20)22(26)25-21(23(27)28)14-16-10-12-18(13-11-16)29-15-17-6-2-1-3-7-17/h1-13,21H,14-15H2,(H,25,26)(H,27,28)/t21-/m1/s1. The topological polar surface area (TPSA) is 75.6 Å². The molecule has 0 bridgehead atoms. The summed E-state index contributed by atoms with van der Waals surface area (Å²) in [5.74, 6) is -2.01. The first kappa shape index (κ1) is 20.1. The normalized spacial score (nSPS) is 11.5. The zero-order valence-corrected chi connectivity index (χ0v) is 15.5. The molecular weight excluding hydrogens is 373 g/mol. The molecule has 0 unspecified atom stereocenters. The highest BCUT2D eigenvalue weighted by molar-refractivity contribution is 5.96. The van der Waals surface area contributed by atoms with E-state index in [2.05, 4.69) is 5.32 Å². The number of hydrogen-bond donors (Lipinski definition) is 2. The van der Waals surface area contributed by atoms with Crippen LogP contribution in [-0.2, 0) is 17.8 Å². The van der Waals surface area contributed by atoms with Gasteiger partial charge in [-0.1, -0.05) is 54.6 Å². The summed E-state index contributed by atoms with van der Waals surface area (Å²) < 4.78 is 19.4. The number of nitrogens with one attached hydrogen (secondary N) is 1. The molecule has 2 N–H and O–H groups in total. The van der Waals surface area contributed by atoms with Crippen LogP contribution in [-0.4, -0.2) is 23.0 Å². The van der Waals surface area contributed by atoms with Crippen molar-refractivity contribution in [2.75, 3.05) is 0 Å². The lowest BCUT2D eigenvalue weighted by Gasteiger charge is -2.15. The Balaban J connectivity index is 1.61. The average molecular weight is 393 g/mol. The van der Waals surface area contributed by atoms with Gasteiger partial charge in [-0.15, -0.1) is 0 Å². The van der Waals surface area contributed by atoms with Crippen molar-refractivity contribution in [3.8, 4) is 5.75 Å². The van der Waals surface area contributed by atoms with Gasteiger partial charge in [-0.05, 0) is 35.4 Å². The van der Waals surface area contributed by atoms with Crippen molar-refractivity contribution in [3.63, 3.8) is 0 Å². The predicted molar refractivity (Wildman–Crippen MR) is 106 cm³/mol. The summed E-state index contributed by atoms with van der Waals surface area (Å²) in [7, 11) is 0. The van der Waals surface area contributed by atoms with E-state index < -0.39 is 23.7 Å². The van der Waals surface area contributed by atoms with E-state index >= 15 is 0 Å². The first-order valence-corrected chi connectivity index (χ1v) is 9.07. The quantitative estimate of drug-likeness (QED) is 0.610. The molecule has 3 aromatic rings. The van der Waals surface area contributed by atoms with Crippen molar-refractivity contribution in [3.05, 3.63) is 101 Å². The number of carbonyl (C=O) groups excluding carboxylic acids is 1. The molecule has 0 saturated heterocycles. The molecule has 1 atom stereocenters. The third-order valence-electron chi connectivity index (χ3n) is 4.33. The highest BCUT2D eigenvalue weighted by atomic mass is 19.1. The molecule has 0 radical (unpaired) electrons. The summed E-state index contributed by atoms with van der Waals surface area (Å²) in [6.07, 6.45) is 0.0640. The zero-order valence-electron chi connectivity index (χ0n) is 15.5. The lowest BCUT2D eigenvalue weighted by atomic mass is 10.0. The van der Waals surface area contributed by atoms with Crippen LogP contribution in [0.3, 0.4) is 0 Å². The fourth-order valence-electron chi connectivity index (χ4n) is 2.78. The maximum Gasteiger partial charge on any atom is 0.326 e. The number of aliphatic carboxylic acids is 1. The zero-order chi connectivity index (χ0) is 20.6. The van der Waals surface area contributed by atoms with Gasteiger partial charge in [0, 0.05) is 6.42 Å². The Hall–Kier alpha value is -3.67. The van der Waals surface area contributed by atoms with E-state index in [0.29, 0.717) is 17.9 Å². The summed E-state index contributed by atoms with van der Waals surface area (Å²) in [4.78, 5) is 23.8. The summed E-state index contributed by atoms with van der Waals surface area (Å²) in [6.45, 7) is 0.427. The lowest BCUT2D eigenvalue weighted by Crippen LogP contribution is -2.42. The first-order chi connectivity index (χ1) is 14.0. The minimum absolute atomic E-state index is 0.0640. The van der Waals surface area contributed by atoms with Crippen LogP contribution < -0.4 is 10.1 Å². The Labute approximate surface area is 167 Å². The molecule has 0 saturated carbocycles. The molecule has 3 aromatic carbocycles. The van der Waals surface area contributed by atoms with Crippen LogP contribution in [0, 0.1) is 5.82 Å². The third kappa shape index (κ3) is 5.65. The predicted octanol–water partition coefficient (Wildman–Crippen LogP) is 3.83. The number of carbonyl (C=O) groups is 2. The SMILES string of the molecule is O=C(N[C@H](Cc1ccc(OCc2ccccc2)cc1)C(=O)O)c1ccccc1F. The molecule has 5 nitrogen and oxygen atoms in total. The van der Waals surface area contributed by atoms with Crippen LogP contribution in [0.15, 0.2) is 78.9 Å². The van der Waals surface area contributed by atoms with Crippen molar-refractivity contribution in [1.82, 2.24) is 5.32 Å². The second-order valence-electron chi connectivity index (χ2n) is 6.47. The van der Waals surface area contributed by atoms with Gasteiger partial charge in [-0.2, -0.15) is 0 Å². The van der Waals surface area contributed by atoms with Gasteiger partial charge in [0.05, 0.1) is 5.56 Å². The summed E-state index contributed by atoms with van der Waals surface area (Å²) in [5.41, 5.74) is 1.56. The smallest absolute Gasteiger partial charge is 0.326 e. The number of amides is 1. The molecule has 0 aromatic heterocycles. The first-order valence-electron chi connectivity index (χ1n) is 9.07. The minimum atomic E-state index is -1.20. The van der Waals surface area contributed by atoms with Crippen LogP contribution in [0.2, 0.25) is 0 Å². The van der Waals surface area contributed by atoms with Crippen molar-refractivity contribution in [2.24, 2.45) is 0 Å². The number of hydrogen-bond acceptors (Lipinski definition) is 3. The highest BCUT2D eigenvalue weighted by Crippen LogP contribution is 2.16. The van der Waals surface area contributed by atoms with Crippen LogP contribution in [0.5, 0.6) is 5.75 Å². The lowest BCUT2D eigenvalue weighted by molar-refractivity contribution is -0.139. The molecular formula is C23H20FNO4. The van der Waals surface area contributed by atoms with Gasteiger partial charge < -0.3 is 15.2 Å². The van der Waals surface area contributed by atoms with Gasteiger partial charge in [-0.25, -0.2) is 9.18 Å². The van der Waals surface area contributed by atoms with Gasteiger partial charge in [0.2, 0.25) is 0 Å². The second kappa shape index (κ2) is 9.50. The van der Waals surface area contributed by atoms with Crippen LogP contribution in [0.25, 0.3) is 0 Å². The molecule has 1 amide bonds. The molecule has 29 heavy (non-hydrogen) atoms. The average Bonchev–Trinajstić information content (AvgIpc) is 2.73. The Morgan fingerprint density at radius 1 is 0.897 bits per heavy atom. The van der Waals surface area contributed by atoms with Crippen molar-refractivity contribution < 1.29 is 23.8 Å². The molecule has 6 heteroatoms. The number of benzene rings is 3. The summed E-state index contributed by atoms with van der Waals surface area (Å²) >= 11 is 0. The van der Waals surface area contributed by atoms with Gasteiger partial charge in [0.25, 0.3) is 5.91 Å². The van der Waals surface area contributed by atoms with E-state index in [4.69, 9.17) is 4.74 Å². The Bertz CT molecular complexity index is 974. The van der Waals surface area contributed by atoms with E-state index in [1.54, 1.807) is 24.3 Å². The molecule has 0 heterocycles. The maximum absolute atomic E-state index is 13.7. The van der Waals surface area contributed by atoms with Crippen molar-refractivity contribution in [1.29, 1.82) is 0 Å². The van der Waals surface area contributed by atoms with E-state index in [1.165, 1.54) is 18.2 Å². The highest BCUT2D eigenvalue weighted by Gasteiger charge is 2.22. The van der Waals surface area contributed by atoms with E-state index in [9.17, 15) is 19.1 Å². The van der Waals surface area contributed by atoms with Gasteiger partial charge >= 0.3 is 5.97 Å². The largest absolute Gasteiger partial charge is 0.489 e. The molecule has 3 rings (SSSR count). The van der Waals surface area contributed by atoms with Crippen molar-refractivity contribution in [2.45, 2.75) is 19.1 Å². The van der Waals surface area contributed by atoms with E-state index in [0.717, 1.165) is 11.6 Å². The van der Waals surface area contributed by atoms with E-state index in [1.807, 2.05) is 30.3 Å². The molecule has 0 aliphatic heterocycles. The molecule has 0 aliphatic carbocycles. The van der Waals surface area contributed by atoms with Crippen LogP contribution in [0.4, 0.5) is 4.39 Å². The Morgan fingerprint density at radius 3 is 2.21 bits per heavy atom. The maximum atomic E-state index is 13.7. The monoisotopic (exact) mass is 393 g/mol. The van der Waals surface area contributed by atoms with Gasteiger partial charge in [-0.3, -0.25) is 4.79 Å². The van der Waals surface area contributed by atoms with Gasteiger partial charge in [0.1, 0.15) is 24.2 Å². The van der Waals surface area contributed by atoms with Crippen molar-refractivity contribution >= 4 is 11.9 Å².